The second kappa shape index (κ2) is 5.21. The van der Waals surface area contributed by atoms with Gasteiger partial charge in [-0.15, -0.1) is 0 Å². The van der Waals surface area contributed by atoms with Crippen molar-refractivity contribution in [2.75, 3.05) is 20.1 Å². The van der Waals surface area contributed by atoms with E-state index in [1.54, 1.807) is 0 Å². The van der Waals surface area contributed by atoms with Crippen LogP contribution in [0.5, 0.6) is 0 Å². The summed E-state index contributed by atoms with van der Waals surface area (Å²) in [5.41, 5.74) is 2.66. The molecule has 2 heterocycles. The highest BCUT2D eigenvalue weighted by molar-refractivity contribution is 5.14. The molecule has 1 fully saturated rings. The zero-order valence-electron chi connectivity index (χ0n) is 11.6. The number of piperidine rings is 1. The SMILES string of the molecule is CCc1cc(C(C)C)n(C2CCN(C)CC2)n1. The Kier molecular flexibility index (Phi) is 3.87. The first-order valence-electron chi connectivity index (χ1n) is 6.88. The van der Waals surface area contributed by atoms with Crippen molar-refractivity contribution in [1.29, 1.82) is 0 Å². The summed E-state index contributed by atoms with van der Waals surface area (Å²) >= 11 is 0. The van der Waals surface area contributed by atoms with Crippen molar-refractivity contribution in [3.63, 3.8) is 0 Å². The predicted octanol–water partition coefficient (Wildman–Crippen LogP) is 2.84. The number of likely N-dealkylation sites (tertiary alicyclic amines) is 1. The quantitative estimate of drug-likeness (QED) is 0.803. The fourth-order valence-electron chi connectivity index (χ4n) is 2.60. The second-order valence-electron chi connectivity index (χ2n) is 5.55. The van der Waals surface area contributed by atoms with Crippen LogP contribution in [-0.4, -0.2) is 34.8 Å². The van der Waals surface area contributed by atoms with Gasteiger partial charge in [-0.3, -0.25) is 4.68 Å². The molecule has 1 aliphatic rings. The van der Waals surface area contributed by atoms with E-state index < -0.39 is 0 Å². The van der Waals surface area contributed by atoms with Crippen molar-refractivity contribution in [3.8, 4) is 0 Å². The van der Waals surface area contributed by atoms with Gasteiger partial charge in [-0.05, 0) is 51.4 Å². The summed E-state index contributed by atoms with van der Waals surface area (Å²) in [7, 11) is 2.21. The highest BCUT2D eigenvalue weighted by Gasteiger charge is 2.22. The Hall–Kier alpha value is -0.830. The van der Waals surface area contributed by atoms with Crippen LogP contribution in [0.4, 0.5) is 0 Å². The largest absolute Gasteiger partial charge is 0.306 e. The molecule has 0 unspecified atom stereocenters. The standard InChI is InChI=1S/C14H25N3/c1-5-12-10-14(11(2)3)17(15-12)13-6-8-16(4)9-7-13/h10-11,13H,5-9H2,1-4H3. The first-order valence-corrected chi connectivity index (χ1v) is 6.88. The summed E-state index contributed by atoms with van der Waals surface area (Å²) in [6.07, 6.45) is 3.52. The molecule has 0 spiro atoms. The molecular weight excluding hydrogens is 210 g/mol. The Morgan fingerprint density at radius 2 is 2.00 bits per heavy atom. The lowest BCUT2D eigenvalue weighted by Crippen LogP contribution is -2.32. The topological polar surface area (TPSA) is 21.1 Å². The number of rotatable bonds is 3. The monoisotopic (exact) mass is 235 g/mol. The van der Waals surface area contributed by atoms with E-state index in [1.165, 1.54) is 37.3 Å². The minimum Gasteiger partial charge on any atom is -0.306 e. The van der Waals surface area contributed by atoms with Gasteiger partial charge in [0.15, 0.2) is 0 Å². The van der Waals surface area contributed by atoms with Gasteiger partial charge in [0, 0.05) is 5.69 Å². The average Bonchev–Trinajstić information content (AvgIpc) is 2.74. The fourth-order valence-corrected chi connectivity index (χ4v) is 2.60. The summed E-state index contributed by atoms with van der Waals surface area (Å²) in [5.74, 6) is 0.572. The van der Waals surface area contributed by atoms with Crippen molar-refractivity contribution in [2.45, 2.75) is 52.0 Å². The van der Waals surface area contributed by atoms with Crippen molar-refractivity contribution in [3.05, 3.63) is 17.5 Å². The van der Waals surface area contributed by atoms with Gasteiger partial charge >= 0.3 is 0 Å². The molecular formula is C14H25N3. The highest BCUT2D eigenvalue weighted by Crippen LogP contribution is 2.26. The number of hydrogen-bond donors (Lipinski definition) is 0. The van der Waals surface area contributed by atoms with Crippen molar-refractivity contribution >= 4 is 0 Å². The van der Waals surface area contributed by atoms with Crippen molar-refractivity contribution in [1.82, 2.24) is 14.7 Å². The van der Waals surface area contributed by atoms with Gasteiger partial charge < -0.3 is 4.90 Å². The lowest BCUT2D eigenvalue weighted by atomic mass is 10.0. The van der Waals surface area contributed by atoms with Crippen LogP contribution in [0.2, 0.25) is 0 Å². The molecule has 1 aliphatic heterocycles. The average molecular weight is 235 g/mol. The Labute approximate surface area is 105 Å². The first-order chi connectivity index (χ1) is 8.11. The van der Waals surface area contributed by atoms with Gasteiger partial charge in [-0.25, -0.2) is 0 Å². The van der Waals surface area contributed by atoms with Gasteiger partial charge in [-0.1, -0.05) is 20.8 Å². The molecule has 17 heavy (non-hydrogen) atoms. The summed E-state index contributed by atoms with van der Waals surface area (Å²) in [5, 5.41) is 4.80. The Balaban J connectivity index is 2.21. The molecule has 96 valence electrons. The third-order valence-electron chi connectivity index (χ3n) is 3.80. The number of hydrogen-bond acceptors (Lipinski definition) is 2. The third-order valence-corrected chi connectivity index (χ3v) is 3.80. The van der Waals surface area contributed by atoms with Crippen LogP contribution in [0.1, 0.15) is 57.0 Å². The summed E-state index contributed by atoms with van der Waals surface area (Å²) in [6, 6.07) is 2.91. The van der Waals surface area contributed by atoms with Gasteiger partial charge in [0.2, 0.25) is 0 Å². The number of aryl methyl sites for hydroxylation is 1. The molecule has 0 aromatic carbocycles. The van der Waals surface area contributed by atoms with E-state index >= 15 is 0 Å². The smallest absolute Gasteiger partial charge is 0.0625 e. The molecule has 1 aromatic heterocycles. The Bertz CT molecular complexity index is 360. The maximum absolute atomic E-state index is 4.80. The van der Waals surface area contributed by atoms with Crippen LogP contribution in [-0.2, 0) is 6.42 Å². The molecule has 2 rings (SSSR count). The zero-order chi connectivity index (χ0) is 12.4. The van der Waals surface area contributed by atoms with E-state index in [4.69, 9.17) is 5.10 Å². The minimum atomic E-state index is 0.572. The minimum absolute atomic E-state index is 0.572. The first kappa shape index (κ1) is 12.6. The summed E-state index contributed by atoms with van der Waals surface area (Å²) in [6.45, 7) is 9.11. The number of nitrogens with zero attached hydrogens (tertiary/aromatic N) is 3. The molecule has 0 N–H and O–H groups in total. The molecule has 3 nitrogen and oxygen atoms in total. The van der Waals surface area contributed by atoms with Crippen LogP contribution in [0.3, 0.4) is 0 Å². The van der Waals surface area contributed by atoms with Gasteiger partial charge in [0.1, 0.15) is 0 Å². The molecule has 0 radical (unpaired) electrons. The lowest BCUT2D eigenvalue weighted by molar-refractivity contribution is 0.208. The van der Waals surface area contributed by atoms with Crippen LogP contribution < -0.4 is 0 Å². The molecule has 3 heteroatoms. The number of aromatic nitrogens is 2. The third kappa shape index (κ3) is 2.71. The summed E-state index contributed by atoms with van der Waals surface area (Å²) in [4.78, 5) is 2.41. The van der Waals surface area contributed by atoms with E-state index in [-0.39, 0.29) is 0 Å². The van der Waals surface area contributed by atoms with E-state index in [0.717, 1.165) is 6.42 Å². The molecule has 1 aromatic rings. The fraction of sp³-hybridized carbons (Fsp3) is 0.786. The van der Waals surface area contributed by atoms with E-state index in [1.807, 2.05) is 0 Å². The molecule has 0 amide bonds. The van der Waals surface area contributed by atoms with E-state index in [9.17, 15) is 0 Å². The normalized spacial score (nSPS) is 19.1. The maximum atomic E-state index is 4.80. The second-order valence-corrected chi connectivity index (χ2v) is 5.55. The van der Waals surface area contributed by atoms with Gasteiger partial charge in [0.25, 0.3) is 0 Å². The Morgan fingerprint density at radius 3 is 2.53 bits per heavy atom. The van der Waals surface area contributed by atoms with Gasteiger partial charge in [-0.2, -0.15) is 5.10 Å². The van der Waals surface area contributed by atoms with Crippen molar-refractivity contribution in [2.24, 2.45) is 0 Å². The molecule has 0 aliphatic carbocycles. The van der Waals surface area contributed by atoms with E-state index in [2.05, 4.69) is 43.5 Å². The lowest BCUT2D eigenvalue weighted by Gasteiger charge is -2.30. The van der Waals surface area contributed by atoms with Crippen LogP contribution in [0, 0.1) is 0 Å². The molecule has 0 saturated carbocycles. The molecule has 1 saturated heterocycles. The molecule has 0 atom stereocenters. The van der Waals surface area contributed by atoms with Crippen molar-refractivity contribution < 1.29 is 0 Å². The molecule has 0 bridgehead atoms. The van der Waals surface area contributed by atoms with E-state index in [0.29, 0.717) is 12.0 Å². The van der Waals surface area contributed by atoms with Gasteiger partial charge in [0.05, 0.1) is 11.7 Å². The zero-order valence-corrected chi connectivity index (χ0v) is 11.6. The Morgan fingerprint density at radius 1 is 1.35 bits per heavy atom. The van der Waals surface area contributed by atoms with Crippen LogP contribution >= 0.6 is 0 Å². The predicted molar refractivity (Wildman–Crippen MR) is 71.5 cm³/mol. The summed E-state index contributed by atoms with van der Waals surface area (Å²) < 4.78 is 2.32. The highest BCUT2D eigenvalue weighted by atomic mass is 15.3. The maximum Gasteiger partial charge on any atom is 0.0625 e. The van der Waals surface area contributed by atoms with Crippen LogP contribution in [0.25, 0.3) is 0 Å². The van der Waals surface area contributed by atoms with Crippen LogP contribution in [0.15, 0.2) is 6.07 Å².